The number of hydrogen-bond acceptors (Lipinski definition) is 2. The van der Waals surface area contributed by atoms with Crippen molar-refractivity contribution in [2.75, 3.05) is 11.4 Å². The van der Waals surface area contributed by atoms with Crippen molar-refractivity contribution in [3.63, 3.8) is 0 Å². The van der Waals surface area contributed by atoms with Gasteiger partial charge in [-0.25, -0.2) is 0 Å². The van der Waals surface area contributed by atoms with Crippen LogP contribution in [0.4, 0.5) is 5.69 Å². The van der Waals surface area contributed by atoms with Crippen molar-refractivity contribution in [1.82, 2.24) is 4.98 Å². The summed E-state index contributed by atoms with van der Waals surface area (Å²) in [5.74, 6) is 0. The Labute approximate surface area is 122 Å². The van der Waals surface area contributed by atoms with E-state index >= 15 is 0 Å². The molecule has 0 bridgehead atoms. The molecule has 106 valence electrons. The van der Waals surface area contributed by atoms with E-state index in [1.807, 2.05) is 18.5 Å². The van der Waals surface area contributed by atoms with E-state index in [1.54, 1.807) is 0 Å². The first-order valence-electron chi connectivity index (χ1n) is 7.42. The second-order valence-corrected chi connectivity index (χ2v) is 5.43. The summed E-state index contributed by atoms with van der Waals surface area (Å²) >= 11 is 0. The smallest absolute Gasteiger partial charge is 0.0444 e. The highest BCUT2D eigenvalue weighted by molar-refractivity contribution is 5.54. The van der Waals surface area contributed by atoms with Crippen LogP contribution in [0.2, 0.25) is 0 Å². The normalized spacial score (nSPS) is 10.6. The summed E-state index contributed by atoms with van der Waals surface area (Å²) in [6.45, 7) is 8.61. The van der Waals surface area contributed by atoms with Gasteiger partial charge in [0.05, 0.1) is 0 Å². The molecule has 1 heterocycles. The summed E-state index contributed by atoms with van der Waals surface area (Å²) in [6.07, 6.45) is 6.22. The first kappa shape index (κ1) is 14.6. The van der Waals surface area contributed by atoms with Crippen molar-refractivity contribution in [2.45, 2.75) is 40.2 Å². The van der Waals surface area contributed by atoms with Gasteiger partial charge in [-0.15, -0.1) is 0 Å². The van der Waals surface area contributed by atoms with Crippen LogP contribution in [0.25, 0.3) is 0 Å². The molecule has 1 aromatic carbocycles. The van der Waals surface area contributed by atoms with Gasteiger partial charge in [0.2, 0.25) is 0 Å². The van der Waals surface area contributed by atoms with Gasteiger partial charge in [-0.1, -0.05) is 37.1 Å². The standard InChI is InChI=1S/C18H24N2/c1-4-5-11-20(14-17-7-6-10-19-13-17)18-9-8-15(2)12-16(18)3/h6-10,12-13H,4-5,11,14H2,1-3H3. The summed E-state index contributed by atoms with van der Waals surface area (Å²) in [7, 11) is 0. The van der Waals surface area contributed by atoms with Gasteiger partial charge in [-0.3, -0.25) is 4.98 Å². The Morgan fingerprint density at radius 2 is 2.00 bits per heavy atom. The molecule has 0 radical (unpaired) electrons. The molecule has 0 spiro atoms. The van der Waals surface area contributed by atoms with Crippen molar-refractivity contribution >= 4 is 5.69 Å². The molecule has 2 nitrogen and oxygen atoms in total. The molecule has 1 aromatic heterocycles. The molecule has 0 aliphatic rings. The third-order valence-corrected chi connectivity index (χ3v) is 3.57. The number of aryl methyl sites for hydroxylation is 2. The van der Waals surface area contributed by atoms with Gasteiger partial charge in [0.1, 0.15) is 0 Å². The second kappa shape index (κ2) is 7.09. The van der Waals surface area contributed by atoms with Crippen LogP contribution in [0.3, 0.4) is 0 Å². The molecule has 0 unspecified atom stereocenters. The second-order valence-electron chi connectivity index (χ2n) is 5.43. The third-order valence-electron chi connectivity index (χ3n) is 3.57. The Balaban J connectivity index is 2.22. The van der Waals surface area contributed by atoms with E-state index in [2.05, 4.69) is 54.9 Å². The number of benzene rings is 1. The first-order valence-corrected chi connectivity index (χ1v) is 7.42. The number of unbranched alkanes of at least 4 members (excludes halogenated alkanes) is 1. The number of pyridine rings is 1. The van der Waals surface area contributed by atoms with Crippen LogP contribution in [-0.4, -0.2) is 11.5 Å². The molecule has 0 atom stereocenters. The molecule has 0 saturated heterocycles. The van der Waals surface area contributed by atoms with Gasteiger partial charge in [0.25, 0.3) is 0 Å². The Bertz CT molecular complexity index is 534. The molecule has 0 N–H and O–H groups in total. The van der Waals surface area contributed by atoms with Gasteiger partial charge in [-0.2, -0.15) is 0 Å². The molecule has 20 heavy (non-hydrogen) atoms. The van der Waals surface area contributed by atoms with E-state index in [1.165, 1.54) is 35.2 Å². The quantitative estimate of drug-likeness (QED) is 0.766. The van der Waals surface area contributed by atoms with Crippen molar-refractivity contribution < 1.29 is 0 Å². The van der Waals surface area contributed by atoms with Gasteiger partial charge >= 0.3 is 0 Å². The van der Waals surface area contributed by atoms with E-state index < -0.39 is 0 Å². The van der Waals surface area contributed by atoms with Crippen molar-refractivity contribution in [1.29, 1.82) is 0 Å². The maximum absolute atomic E-state index is 4.22. The molecule has 0 saturated carbocycles. The lowest BCUT2D eigenvalue weighted by atomic mass is 10.1. The highest BCUT2D eigenvalue weighted by Gasteiger charge is 2.09. The molecular weight excluding hydrogens is 244 g/mol. The third kappa shape index (κ3) is 3.83. The minimum Gasteiger partial charge on any atom is -0.367 e. The van der Waals surface area contributed by atoms with Crippen LogP contribution < -0.4 is 4.90 Å². The van der Waals surface area contributed by atoms with Gasteiger partial charge in [-0.05, 0) is 43.5 Å². The van der Waals surface area contributed by atoms with E-state index in [9.17, 15) is 0 Å². The average molecular weight is 268 g/mol. The maximum atomic E-state index is 4.22. The number of nitrogens with zero attached hydrogens (tertiary/aromatic N) is 2. The largest absolute Gasteiger partial charge is 0.367 e. The molecule has 0 aliphatic carbocycles. The number of anilines is 1. The lowest BCUT2D eigenvalue weighted by Crippen LogP contribution is -2.24. The lowest BCUT2D eigenvalue weighted by Gasteiger charge is -2.26. The van der Waals surface area contributed by atoms with Crippen molar-refractivity contribution in [3.8, 4) is 0 Å². The Morgan fingerprint density at radius 1 is 1.15 bits per heavy atom. The molecule has 0 fully saturated rings. The number of aromatic nitrogens is 1. The molecule has 2 aromatic rings. The van der Waals surface area contributed by atoms with Crippen LogP contribution in [0.5, 0.6) is 0 Å². The predicted octanol–water partition coefficient (Wildman–Crippen LogP) is 4.51. The lowest BCUT2D eigenvalue weighted by molar-refractivity contribution is 0.713. The van der Waals surface area contributed by atoms with Crippen LogP contribution in [0.1, 0.15) is 36.5 Å². The van der Waals surface area contributed by atoms with Crippen LogP contribution in [0.15, 0.2) is 42.7 Å². The minimum atomic E-state index is 0.928. The summed E-state index contributed by atoms with van der Waals surface area (Å²) in [6, 6.07) is 10.9. The highest BCUT2D eigenvalue weighted by atomic mass is 15.1. The van der Waals surface area contributed by atoms with Gasteiger partial charge in [0.15, 0.2) is 0 Å². The summed E-state index contributed by atoms with van der Waals surface area (Å²) in [5.41, 5.74) is 5.28. The average Bonchev–Trinajstić information content (AvgIpc) is 2.45. The Morgan fingerprint density at radius 3 is 2.65 bits per heavy atom. The molecule has 2 heteroatoms. The monoisotopic (exact) mass is 268 g/mol. The van der Waals surface area contributed by atoms with Gasteiger partial charge < -0.3 is 4.90 Å². The summed E-state index contributed by atoms with van der Waals surface area (Å²) in [5, 5.41) is 0. The predicted molar refractivity (Wildman–Crippen MR) is 86.1 cm³/mol. The topological polar surface area (TPSA) is 16.1 Å². The fourth-order valence-corrected chi connectivity index (χ4v) is 2.51. The zero-order chi connectivity index (χ0) is 14.4. The fourth-order valence-electron chi connectivity index (χ4n) is 2.51. The van der Waals surface area contributed by atoms with Crippen LogP contribution in [0, 0.1) is 13.8 Å². The zero-order valence-corrected chi connectivity index (χ0v) is 12.8. The zero-order valence-electron chi connectivity index (χ0n) is 12.8. The van der Waals surface area contributed by atoms with E-state index in [-0.39, 0.29) is 0 Å². The van der Waals surface area contributed by atoms with Crippen molar-refractivity contribution in [3.05, 3.63) is 59.4 Å². The fraction of sp³-hybridized carbons (Fsp3) is 0.389. The van der Waals surface area contributed by atoms with Crippen molar-refractivity contribution in [2.24, 2.45) is 0 Å². The summed E-state index contributed by atoms with van der Waals surface area (Å²) < 4.78 is 0. The Kier molecular flexibility index (Phi) is 5.16. The molecule has 0 aliphatic heterocycles. The van der Waals surface area contributed by atoms with E-state index in [4.69, 9.17) is 0 Å². The number of hydrogen-bond donors (Lipinski definition) is 0. The summed E-state index contributed by atoms with van der Waals surface area (Å²) in [4.78, 5) is 6.69. The molecular formula is C18H24N2. The SMILES string of the molecule is CCCCN(Cc1cccnc1)c1ccc(C)cc1C. The highest BCUT2D eigenvalue weighted by Crippen LogP contribution is 2.23. The van der Waals surface area contributed by atoms with Gasteiger partial charge in [0, 0.05) is 31.2 Å². The maximum Gasteiger partial charge on any atom is 0.0444 e. The van der Waals surface area contributed by atoms with E-state index in [0.29, 0.717) is 0 Å². The van der Waals surface area contributed by atoms with E-state index in [0.717, 1.165) is 13.1 Å². The van der Waals surface area contributed by atoms with Crippen LogP contribution >= 0.6 is 0 Å². The molecule has 0 amide bonds. The Hall–Kier alpha value is -1.83. The first-order chi connectivity index (χ1) is 9.70. The number of rotatable bonds is 6. The molecule has 2 rings (SSSR count). The minimum absolute atomic E-state index is 0.928. The van der Waals surface area contributed by atoms with Crippen LogP contribution in [-0.2, 0) is 6.54 Å².